The summed E-state index contributed by atoms with van der Waals surface area (Å²) in [6, 6.07) is 13.1. The van der Waals surface area contributed by atoms with Crippen LogP contribution < -0.4 is 14.8 Å². The average Bonchev–Trinajstić information content (AvgIpc) is 3.02. The number of amides is 1. The van der Waals surface area contributed by atoms with Crippen LogP contribution in [0, 0.1) is 0 Å². The number of carbonyl (C=O) groups is 1. The Morgan fingerprint density at radius 3 is 2.77 bits per heavy atom. The third kappa shape index (κ3) is 2.77. The van der Waals surface area contributed by atoms with Crippen LogP contribution in [0.2, 0.25) is 0 Å². The molecule has 4 heteroatoms. The Morgan fingerprint density at radius 1 is 1.18 bits per heavy atom. The molecular formula is C18H19NO3. The maximum atomic E-state index is 12.5. The van der Waals surface area contributed by atoms with Crippen LogP contribution in [0.5, 0.6) is 11.5 Å². The predicted molar refractivity (Wildman–Crippen MR) is 85.7 cm³/mol. The van der Waals surface area contributed by atoms with E-state index in [0.717, 1.165) is 17.7 Å². The smallest absolute Gasteiger partial charge is 0.255 e. The second-order valence-electron chi connectivity index (χ2n) is 5.42. The Morgan fingerprint density at radius 2 is 1.95 bits per heavy atom. The van der Waals surface area contributed by atoms with Crippen LogP contribution in [0.4, 0.5) is 5.69 Å². The molecule has 0 spiro atoms. The van der Waals surface area contributed by atoms with Crippen molar-refractivity contribution in [2.24, 2.45) is 0 Å². The van der Waals surface area contributed by atoms with Crippen molar-refractivity contribution in [3.63, 3.8) is 0 Å². The first-order valence-electron chi connectivity index (χ1n) is 7.49. The molecule has 114 valence electrons. The van der Waals surface area contributed by atoms with Gasteiger partial charge in [0, 0.05) is 11.3 Å². The highest BCUT2D eigenvalue weighted by atomic mass is 16.7. The molecule has 3 rings (SSSR count). The predicted octanol–water partition coefficient (Wildman–Crippen LogP) is 4.18. The molecule has 0 fully saturated rings. The topological polar surface area (TPSA) is 47.6 Å². The van der Waals surface area contributed by atoms with E-state index in [1.807, 2.05) is 18.2 Å². The standard InChI is InChI=1S/C18H19NO3/c1-3-12(2)14-6-4-5-7-15(14)19-18(20)13-8-9-16-17(10-13)22-11-21-16/h4-10,12H,3,11H2,1-2H3,(H,19,20)/t12-/m1/s1. The van der Waals surface area contributed by atoms with E-state index in [2.05, 4.69) is 25.2 Å². The highest BCUT2D eigenvalue weighted by Gasteiger charge is 2.17. The minimum absolute atomic E-state index is 0.144. The van der Waals surface area contributed by atoms with Gasteiger partial charge in [0.25, 0.3) is 5.91 Å². The van der Waals surface area contributed by atoms with Crippen LogP contribution >= 0.6 is 0 Å². The molecule has 0 unspecified atom stereocenters. The summed E-state index contributed by atoms with van der Waals surface area (Å²) in [6.45, 7) is 4.50. The normalized spacial score (nSPS) is 13.7. The van der Waals surface area contributed by atoms with Crippen LogP contribution in [-0.2, 0) is 0 Å². The lowest BCUT2D eigenvalue weighted by atomic mass is 9.97. The van der Waals surface area contributed by atoms with E-state index < -0.39 is 0 Å². The molecule has 2 aromatic carbocycles. The number of hydrogen-bond acceptors (Lipinski definition) is 3. The van der Waals surface area contributed by atoms with Gasteiger partial charge in [-0.25, -0.2) is 0 Å². The summed E-state index contributed by atoms with van der Waals surface area (Å²) in [5.74, 6) is 1.54. The molecule has 0 saturated heterocycles. The first-order valence-corrected chi connectivity index (χ1v) is 7.49. The maximum absolute atomic E-state index is 12.5. The zero-order chi connectivity index (χ0) is 15.5. The summed E-state index contributed by atoms with van der Waals surface area (Å²) >= 11 is 0. The van der Waals surface area contributed by atoms with Crippen molar-refractivity contribution in [2.45, 2.75) is 26.2 Å². The highest BCUT2D eigenvalue weighted by Crippen LogP contribution is 2.33. The van der Waals surface area contributed by atoms with Crippen molar-refractivity contribution in [3.05, 3.63) is 53.6 Å². The van der Waals surface area contributed by atoms with Gasteiger partial charge < -0.3 is 14.8 Å². The molecule has 0 aliphatic carbocycles. The number of anilines is 1. The number of ether oxygens (including phenoxy) is 2. The second-order valence-corrected chi connectivity index (χ2v) is 5.42. The van der Waals surface area contributed by atoms with Crippen molar-refractivity contribution in [2.75, 3.05) is 12.1 Å². The van der Waals surface area contributed by atoms with Crippen molar-refractivity contribution in [1.82, 2.24) is 0 Å². The molecular weight excluding hydrogens is 278 g/mol. The number of rotatable bonds is 4. The van der Waals surface area contributed by atoms with Crippen molar-refractivity contribution in [1.29, 1.82) is 0 Å². The Hall–Kier alpha value is -2.49. The summed E-state index contributed by atoms with van der Waals surface area (Å²) in [7, 11) is 0. The number of benzene rings is 2. The molecule has 0 radical (unpaired) electrons. The summed E-state index contributed by atoms with van der Waals surface area (Å²) in [5.41, 5.74) is 2.57. The molecule has 2 aromatic rings. The van der Waals surface area contributed by atoms with Gasteiger partial charge in [-0.2, -0.15) is 0 Å². The molecule has 1 amide bonds. The van der Waals surface area contributed by atoms with Gasteiger partial charge in [0.2, 0.25) is 6.79 Å². The Bertz CT molecular complexity index is 696. The van der Waals surface area contributed by atoms with Crippen LogP contribution in [0.1, 0.15) is 42.1 Å². The number of nitrogens with one attached hydrogen (secondary N) is 1. The van der Waals surface area contributed by atoms with Crippen LogP contribution in [0.3, 0.4) is 0 Å². The third-order valence-corrected chi connectivity index (χ3v) is 3.99. The highest BCUT2D eigenvalue weighted by molar-refractivity contribution is 6.05. The van der Waals surface area contributed by atoms with E-state index in [0.29, 0.717) is 23.0 Å². The van der Waals surface area contributed by atoms with Gasteiger partial charge in [-0.3, -0.25) is 4.79 Å². The first-order chi connectivity index (χ1) is 10.7. The minimum atomic E-state index is -0.144. The molecule has 1 N–H and O–H groups in total. The number of hydrogen-bond donors (Lipinski definition) is 1. The molecule has 1 aliphatic heterocycles. The first kappa shape index (κ1) is 14.4. The number of carbonyl (C=O) groups excluding carboxylic acids is 1. The van der Waals surface area contributed by atoms with E-state index in [1.165, 1.54) is 0 Å². The van der Waals surface area contributed by atoms with Crippen molar-refractivity contribution < 1.29 is 14.3 Å². The van der Waals surface area contributed by atoms with E-state index >= 15 is 0 Å². The molecule has 1 heterocycles. The van der Waals surface area contributed by atoms with Gasteiger partial charge in [-0.15, -0.1) is 0 Å². The van der Waals surface area contributed by atoms with Gasteiger partial charge in [0.15, 0.2) is 11.5 Å². The summed E-state index contributed by atoms with van der Waals surface area (Å²) in [4.78, 5) is 12.5. The van der Waals surface area contributed by atoms with Gasteiger partial charge in [0.1, 0.15) is 0 Å². The molecule has 1 aliphatic rings. The maximum Gasteiger partial charge on any atom is 0.255 e. The zero-order valence-electron chi connectivity index (χ0n) is 12.8. The fourth-order valence-corrected chi connectivity index (χ4v) is 2.49. The van der Waals surface area contributed by atoms with Gasteiger partial charge in [0.05, 0.1) is 0 Å². The van der Waals surface area contributed by atoms with E-state index in [9.17, 15) is 4.79 Å². The van der Waals surface area contributed by atoms with E-state index in [4.69, 9.17) is 9.47 Å². The lowest BCUT2D eigenvalue weighted by Crippen LogP contribution is -2.13. The van der Waals surface area contributed by atoms with Crippen molar-refractivity contribution >= 4 is 11.6 Å². The van der Waals surface area contributed by atoms with E-state index in [1.54, 1.807) is 18.2 Å². The van der Waals surface area contributed by atoms with Crippen molar-refractivity contribution in [3.8, 4) is 11.5 Å². The molecule has 1 atom stereocenters. The second kappa shape index (κ2) is 6.10. The fourth-order valence-electron chi connectivity index (χ4n) is 2.49. The monoisotopic (exact) mass is 297 g/mol. The van der Waals surface area contributed by atoms with Gasteiger partial charge in [-0.05, 0) is 42.2 Å². The molecule has 0 aromatic heterocycles. The Labute approximate surface area is 130 Å². The summed E-state index contributed by atoms with van der Waals surface area (Å²) in [6.07, 6.45) is 1.02. The zero-order valence-corrected chi connectivity index (χ0v) is 12.8. The minimum Gasteiger partial charge on any atom is -0.454 e. The van der Waals surface area contributed by atoms with Gasteiger partial charge >= 0.3 is 0 Å². The van der Waals surface area contributed by atoms with Crippen LogP contribution in [0.25, 0.3) is 0 Å². The lowest BCUT2D eigenvalue weighted by molar-refractivity contribution is 0.102. The quantitative estimate of drug-likeness (QED) is 0.921. The van der Waals surface area contributed by atoms with Crippen LogP contribution in [-0.4, -0.2) is 12.7 Å². The Balaban J connectivity index is 1.83. The van der Waals surface area contributed by atoms with E-state index in [-0.39, 0.29) is 12.7 Å². The summed E-state index contributed by atoms with van der Waals surface area (Å²) < 4.78 is 10.6. The molecule has 0 saturated carbocycles. The molecule has 22 heavy (non-hydrogen) atoms. The average molecular weight is 297 g/mol. The van der Waals surface area contributed by atoms with Crippen LogP contribution in [0.15, 0.2) is 42.5 Å². The molecule has 4 nitrogen and oxygen atoms in total. The fraction of sp³-hybridized carbons (Fsp3) is 0.278. The largest absolute Gasteiger partial charge is 0.454 e. The Kier molecular flexibility index (Phi) is 4.00. The summed E-state index contributed by atoms with van der Waals surface area (Å²) in [5, 5.41) is 3.00. The van der Waals surface area contributed by atoms with Gasteiger partial charge in [-0.1, -0.05) is 32.0 Å². The molecule has 0 bridgehead atoms. The third-order valence-electron chi connectivity index (χ3n) is 3.99. The number of para-hydroxylation sites is 1. The SMILES string of the molecule is CC[C@@H](C)c1ccccc1NC(=O)c1ccc2c(c1)OCO2. The lowest BCUT2D eigenvalue weighted by Gasteiger charge is -2.15. The number of fused-ring (bicyclic) bond motifs is 1.